The van der Waals surface area contributed by atoms with Gasteiger partial charge in [-0.15, -0.1) is 0 Å². The summed E-state index contributed by atoms with van der Waals surface area (Å²) in [6, 6.07) is 22.4. The van der Waals surface area contributed by atoms with E-state index in [1.165, 1.54) is 5.69 Å². The first-order valence-electron chi connectivity index (χ1n) is 12.3. The van der Waals surface area contributed by atoms with Crippen molar-refractivity contribution in [2.75, 3.05) is 42.7 Å². The summed E-state index contributed by atoms with van der Waals surface area (Å²) in [5.74, 6) is 0.209. The highest BCUT2D eigenvalue weighted by atomic mass is 16.5. The summed E-state index contributed by atoms with van der Waals surface area (Å²) in [6.45, 7) is 5.93. The molecule has 0 saturated carbocycles. The minimum atomic E-state index is -0.239. The van der Waals surface area contributed by atoms with Crippen molar-refractivity contribution in [3.8, 4) is 5.75 Å². The summed E-state index contributed by atoms with van der Waals surface area (Å²) in [4.78, 5) is 30.0. The first-order chi connectivity index (χ1) is 17.3. The molecule has 3 aromatic carbocycles. The van der Waals surface area contributed by atoms with Gasteiger partial charge in [-0.2, -0.15) is 0 Å². The lowest BCUT2D eigenvalue weighted by Crippen LogP contribution is -2.31. The lowest BCUT2D eigenvalue weighted by molar-refractivity contribution is 0.101. The number of carbonyl (C=O) groups excluding carboxylic acids is 2. The quantitative estimate of drug-likeness (QED) is 0.462. The fourth-order valence-corrected chi connectivity index (χ4v) is 4.25. The van der Waals surface area contributed by atoms with Crippen molar-refractivity contribution in [1.82, 2.24) is 4.90 Å². The van der Waals surface area contributed by atoms with Crippen molar-refractivity contribution in [3.05, 3.63) is 83.9 Å². The van der Waals surface area contributed by atoms with E-state index in [0.717, 1.165) is 25.2 Å². The highest BCUT2D eigenvalue weighted by Crippen LogP contribution is 2.24. The molecular formula is C29H34N4O3. The molecule has 1 fully saturated rings. The summed E-state index contributed by atoms with van der Waals surface area (Å²) in [7, 11) is 4.24. The van der Waals surface area contributed by atoms with E-state index in [0.29, 0.717) is 28.6 Å². The molecule has 7 nitrogen and oxygen atoms in total. The molecule has 3 aromatic rings. The van der Waals surface area contributed by atoms with Crippen LogP contribution in [0.15, 0.2) is 72.8 Å². The standard InChI is InChI=1S/C29H34N4O3/c1-20(2)36-27-7-5-6-22(18-27)29(35)31-23-10-8-21(9-11-23)28(34)30-24-12-14-25(15-13-24)33-17-16-26(19-33)32(3)4/h5-15,18,20,26H,16-17,19H2,1-4H3,(H,30,34)(H,31,35). The summed E-state index contributed by atoms with van der Waals surface area (Å²) < 4.78 is 5.66. The molecule has 0 aromatic heterocycles. The summed E-state index contributed by atoms with van der Waals surface area (Å²) in [6.07, 6.45) is 1.18. The SMILES string of the molecule is CC(C)Oc1cccc(C(=O)Nc2ccc(C(=O)Nc3ccc(N4CCC(N(C)C)C4)cc3)cc2)c1. The van der Waals surface area contributed by atoms with E-state index in [4.69, 9.17) is 4.74 Å². The number of nitrogens with one attached hydrogen (secondary N) is 2. The van der Waals surface area contributed by atoms with Gasteiger partial charge in [0, 0.05) is 47.3 Å². The van der Waals surface area contributed by atoms with Crippen LogP contribution in [0.2, 0.25) is 0 Å². The highest BCUT2D eigenvalue weighted by molar-refractivity contribution is 6.06. The second kappa shape index (κ2) is 11.3. The zero-order chi connectivity index (χ0) is 25.7. The molecule has 0 spiro atoms. The summed E-state index contributed by atoms with van der Waals surface area (Å²) >= 11 is 0. The van der Waals surface area contributed by atoms with Gasteiger partial charge in [0.25, 0.3) is 11.8 Å². The van der Waals surface area contributed by atoms with Gasteiger partial charge in [-0.1, -0.05) is 6.07 Å². The minimum absolute atomic E-state index is 0.0286. The Kier molecular flexibility index (Phi) is 7.90. The number of rotatable bonds is 8. The Labute approximate surface area is 213 Å². The molecule has 1 heterocycles. The molecule has 1 aliphatic heterocycles. The molecule has 36 heavy (non-hydrogen) atoms. The number of nitrogens with zero attached hydrogens (tertiary/aromatic N) is 2. The fourth-order valence-electron chi connectivity index (χ4n) is 4.25. The molecule has 4 rings (SSSR count). The molecule has 2 N–H and O–H groups in total. The van der Waals surface area contributed by atoms with E-state index in [9.17, 15) is 9.59 Å². The van der Waals surface area contributed by atoms with Crippen LogP contribution < -0.4 is 20.3 Å². The highest BCUT2D eigenvalue weighted by Gasteiger charge is 2.24. The Hall–Kier alpha value is -3.84. The van der Waals surface area contributed by atoms with Crippen molar-refractivity contribution in [2.45, 2.75) is 32.4 Å². The first-order valence-corrected chi connectivity index (χ1v) is 12.3. The molecule has 1 unspecified atom stereocenters. The maximum absolute atomic E-state index is 12.7. The maximum Gasteiger partial charge on any atom is 0.255 e. The lowest BCUT2D eigenvalue weighted by Gasteiger charge is -2.22. The van der Waals surface area contributed by atoms with Gasteiger partial charge in [-0.25, -0.2) is 0 Å². The van der Waals surface area contributed by atoms with E-state index in [-0.39, 0.29) is 17.9 Å². The van der Waals surface area contributed by atoms with Crippen molar-refractivity contribution in [1.29, 1.82) is 0 Å². The zero-order valence-corrected chi connectivity index (χ0v) is 21.3. The third kappa shape index (κ3) is 6.43. The van der Waals surface area contributed by atoms with Crippen molar-refractivity contribution < 1.29 is 14.3 Å². The number of hydrogen-bond acceptors (Lipinski definition) is 5. The largest absolute Gasteiger partial charge is 0.491 e. The molecule has 1 aliphatic rings. The first kappa shape index (κ1) is 25.3. The van der Waals surface area contributed by atoms with Crippen LogP contribution in [-0.4, -0.2) is 56.0 Å². The van der Waals surface area contributed by atoms with Crippen molar-refractivity contribution >= 4 is 28.9 Å². The Bertz CT molecular complexity index is 1190. The molecule has 1 atom stereocenters. The molecule has 0 bridgehead atoms. The summed E-state index contributed by atoms with van der Waals surface area (Å²) in [5, 5.41) is 5.81. The zero-order valence-electron chi connectivity index (χ0n) is 21.3. The van der Waals surface area contributed by atoms with Crippen LogP contribution in [-0.2, 0) is 0 Å². The van der Waals surface area contributed by atoms with Crippen LogP contribution in [0.5, 0.6) is 5.75 Å². The number of likely N-dealkylation sites (N-methyl/N-ethyl adjacent to an activating group) is 1. The molecule has 7 heteroatoms. The molecule has 2 amide bonds. The van der Waals surface area contributed by atoms with Crippen LogP contribution in [0, 0.1) is 0 Å². The molecule has 0 radical (unpaired) electrons. The van der Waals surface area contributed by atoms with Gasteiger partial charge in [0.15, 0.2) is 0 Å². The van der Waals surface area contributed by atoms with Crippen LogP contribution in [0.25, 0.3) is 0 Å². The third-order valence-electron chi connectivity index (χ3n) is 6.26. The van der Waals surface area contributed by atoms with Crippen molar-refractivity contribution in [3.63, 3.8) is 0 Å². The Morgan fingerprint density at radius 2 is 1.50 bits per heavy atom. The normalized spacial score (nSPS) is 15.3. The smallest absolute Gasteiger partial charge is 0.255 e. The Morgan fingerprint density at radius 1 is 0.889 bits per heavy atom. The summed E-state index contributed by atoms with van der Waals surface area (Å²) in [5.41, 5.74) is 3.53. The molecule has 188 valence electrons. The second-order valence-electron chi connectivity index (χ2n) is 9.58. The van der Waals surface area contributed by atoms with E-state index in [1.54, 1.807) is 42.5 Å². The van der Waals surface area contributed by atoms with Crippen LogP contribution in [0.1, 0.15) is 41.0 Å². The van der Waals surface area contributed by atoms with E-state index in [1.807, 2.05) is 44.2 Å². The average molecular weight is 487 g/mol. The van der Waals surface area contributed by atoms with E-state index >= 15 is 0 Å². The number of amides is 2. The number of anilines is 3. The van der Waals surface area contributed by atoms with E-state index < -0.39 is 0 Å². The van der Waals surface area contributed by atoms with Crippen LogP contribution in [0.3, 0.4) is 0 Å². The minimum Gasteiger partial charge on any atom is -0.491 e. The lowest BCUT2D eigenvalue weighted by atomic mass is 10.1. The number of benzene rings is 3. The van der Waals surface area contributed by atoms with Gasteiger partial charge >= 0.3 is 0 Å². The van der Waals surface area contributed by atoms with Gasteiger partial charge in [-0.05, 0) is 101 Å². The van der Waals surface area contributed by atoms with E-state index in [2.05, 4.69) is 34.5 Å². The van der Waals surface area contributed by atoms with Gasteiger partial charge in [-0.3, -0.25) is 9.59 Å². The van der Waals surface area contributed by atoms with Gasteiger partial charge < -0.3 is 25.2 Å². The van der Waals surface area contributed by atoms with Gasteiger partial charge in [0.1, 0.15) is 5.75 Å². The number of hydrogen-bond donors (Lipinski definition) is 2. The Morgan fingerprint density at radius 3 is 2.08 bits per heavy atom. The molecular weight excluding hydrogens is 452 g/mol. The fraction of sp³-hybridized carbons (Fsp3) is 0.310. The van der Waals surface area contributed by atoms with Crippen LogP contribution >= 0.6 is 0 Å². The Balaban J connectivity index is 1.32. The number of ether oxygens (including phenoxy) is 1. The van der Waals surface area contributed by atoms with Gasteiger partial charge in [0.05, 0.1) is 6.10 Å². The second-order valence-corrected chi connectivity index (χ2v) is 9.58. The number of carbonyl (C=O) groups is 2. The predicted molar refractivity (Wildman–Crippen MR) is 145 cm³/mol. The van der Waals surface area contributed by atoms with Crippen molar-refractivity contribution in [2.24, 2.45) is 0 Å². The molecule has 1 saturated heterocycles. The predicted octanol–water partition coefficient (Wildman–Crippen LogP) is 5.12. The third-order valence-corrected chi connectivity index (χ3v) is 6.26. The monoisotopic (exact) mass is 486 g/mol. The van der Waals surface area contributed by atoms with Gasteiger partial charge in [0.2, 0.25) is 0 Å². The molecule has 0 aliphatic carbocycles. The maximum atomic E-state index is 12.7. The van der Waals surface area contributed by atoms with Crippen LogP contribution in [0.4, 0.5) is 17.1 Å². The topological polar surface area (TPSA) is 73.9 Å². The average Bonchev–Trinajstić information content (AvgIpc) is 3.35.